The van der Waals surface area contributed by atoms with Crippen LogP contribution in [0, 0.1) is 18.3 Å². The second kappa shape index (κ2) is 24.3. The maximum Gasteiger partial charge on any atom is 0.240 e. The monoisotopic (exact) mass is 795 g/mol. The fraction of sp³-hybridized carbons (Fsp3) is 0.468. The average Bonchev–Trinajstić information content (AvgIpc) is 3.22. The lowest BCUT2D eigenvalue weighted by Gasteiger charge is -2.33. The van der Waals surface area contributed by atoms with Gasteiger partial charge in [-0.1, -0.05) is 50.2 Å². The van der Waals surface area contributed by atoms with Crippen LogP contribution in [-0.4, -0.2) is 86.4 Å². The number of benzene rings is 2. The Morgan fingerprint density at radius 2 is 1.22 bits per heavy atom. The van der Waals surface area contributed by atoms with Gasteiger partial charge in [0.1, 0.15) is 24.7 Å². The highest BCUT2D eigenvalue weighted by atomic mass is 16.5. The first kappa shape index (κ1) is 46.0. The Kier molecular flexibility index (Phi) is 19.3. The van der Waals surface area contributed by atoms with Crippen molar-refractivity contribution in [3.63, 3.8) is 0 Å². The fourth-order valence-electron chi connectivity index (χ4n) is 6.93. The maximum atomic E-state index is 14.0. The lowest BCUT2D eigenvalue weighted by Crippen LogP contribution is -2.51. The SMILES string of the molecule is CN[C@@H](CC(C)CCC(O)Cc1ccc(OCc2ccccn2)cc1)C(=O)N(C)[C@@H](CC(C)CCC(C)O)C(=O)[CH]C(O)Cc1ccc(OCc2ccccn2)cc1. The number of nitrogens with one attached hydrogen (secondary N) is 1. The van der Waals surface area contributed by atoms with Gasteiger partial charge in [0.05, 0.1) is 48.2 Å². The van der Waals surface area contributed by atoms with Crippen LogP contribution in [-0.2, 0) is 35.6 Å². The van der Waals surface area contributed by atoms with Gasteiger partial charge >= 0.3 is 0 Å². The van der Waals surface area contributed by atoms with E-state index in [4.69, 9.17) is 9.47 Å². The number of aromatic nitrogens is 2. The topological polar surface area (TPSA) is 154 Å². The Hall–Kier alpha value is -4.68. The molecule has 4 rings (SSSR count). The maximum absolute atomic E-state index is 14.0. The highest BCUT2D eigenvalue weighted by Crippen LogP contribution is 2.24. The highest BCUT2D eigenvalue weighted by Gasteiger charge is 2.33. The number of pyridine rings is 2. The number of amides is 1. The Morgan fingerprint density at radius 1 is 0.707 bits per heavy atom. The second-order valence-corrected chi connectivity index (χ2v) is 15.7. The van der Waals surface area contributed by atoms with Crippen LogP contribution in [0.1, 0.15) is 81.8 Å². The number of hydrogen-bond donors (Lipinski definition) is 4. The molecular formula is C47H63N4O7. The van der Waals surface area contributed by atoms with Crippen molar-refractivity contribution in [3.05, 3.63) is 126 Å². The zero-order valence-corrected chi connectivity index (χ0v) is 34.7. The molecule has 313 valence electrons. The summed E-state index contributed by atoms with van der Waals surface area (Å²) in [6.45, 7) is 6.55. The molecule has 0 saturated carbocycles. The molecule has 0 spiro atoms. The molecule has 11 nitrogen and oxygen atoms in total. The zero-order chi connectivity index (χ0) is 41.9. The fourth-order valence-corrected chi connectivity index (χ4v) is 6.93. The van der Waals surface area contributed by atoms with E-state index in [1.54, 1.807) is 33.4 Å². The van der Waals surface area contributed by atoms with Gasteiger partial charge in [0.15, 0.2) is 5.78 Å². The van der Waals surface area contributed by atoms with Crippen LogP contribution < -0.4 is 14.8 Å². The summed E-state index contributed by atoms with van der Waals surface area (Å²) in [5.74, 6) is 1.05. The smallest absolute Gasteiger partial charge is 0.240 e. The minimum absolute atomic E-state index is 0.0479. The number of likely N-dealkylation sites (N-methyl/N-ethyl adjacent to an activating group) is 2. The van der Waals surface area contributed by atoms with Gasteiger partial charge in [0, 0.05) is 19.4 Å². The summed E-state index contributed by atoms with van der Waals surface area (Å²) in [7, 11) is 3.40. The van der Waals surface area contributed by atoms with Gasteiger partial charge in [0.25, 0.3) is 0 Å². The molecule has 2 aromatic carbocycles. The number of aliphatic hydroxyl groups excluding tert-OH is 3. The molecule has 0 aliphatic carbocycles. The summed E-state index contributed by atoms with van der Waals surface area (Å²) >= 11 is 0. The number of ketones is 1. The van der Waals surface area contributed by atoms with Crippen molar-refractivity contribution >= 4 is 11.7 Å². The molecule has 58 heavy (non-hydrogen) atoms. The first-order chi connectivity index (χ1) is 27.9. The third kappa shape index (κ3) is 16.3. The molecule has 0 fully saturated rings. The Bertz CT molecular complexity index is 1760. The quantitative estimate of drug-likeness (QED) is 0.0568. The molecule has 2 aromatic heterocycles. The molecular weight excluding hydrogens is 733 g/mol. The van der Waals surface area contributed by atoms with Gasteiger partial charge < -0.3 is 35.0 Å². The van der Waals surface area contributed by atoms with Gasteiger partial charge in [-0.05, 0) is 137 Å². The Balaban J connectivity index is 1.28. The van der Waals surface area contributed by atoms with E-state index >= 15 is 0 Å². The molecule has 11 heteroatoms. The van der Waals surface area contributed by atoms with Crippen molar-refractivity contribution in [1.82, 2.24) is 20.2 Å². The first-order valence-corrected chi connectivity index (χ1v) is 20.5. The number of hydrogen-bond acceptors (Lipinski definition) is 10. The molecule has 1 radical (unpaired) electrons. The van der Waals surface area contributed by atoms with E-state index in [1.807, 2.05) is 91.9 Å². The predicted octanol–water partition coefficient (Wildman–Crippen LogP) is 6.32. The van der Waals surface area contributed by atoms with Crippen molar-refractivity contribution in [1.29, 1.82) is 0 Å². The largest absolute Gasteiger partial charge is 0.487 e. The summed E-state index contributed by atoms with van der Waals surface area (Å²) in [5.41, 5.74) is 3.51. The highest BCUT2D eigenvalue weighted by molar-refractivity contribution is 5.96. The number of aliphatic hydroxyl groups is 3. The lowest BCUT2D eigenvalue weighted by atomic mass is 9.89. The first-order valence-electron chi connectivity index (χ1n) is 20.5. The number of carbonyl (C=O) groups is 2. The van der Waals surface area contributed by atoms with Gasteiger partial charge in [-0.25, -0.2) is 0 Å². The van der Waals surface area contributed by atoms with Gasteiger partial charge in [-0.15, -0.1) is 0 Å². The summed E-state index contributed by atoms with van der Waals surface area (Å²) in [4.78, 5) is 37.9. The van der Waals surface area contributed by atoms with Crippen LogP contribution in [0.3, 0.4) is 0 Å². The van der Waals surface area contributed by atoms with Gasteiger partial charge in [-0.2, -0.15) is 0 Å². The average molecular weight is 796 g/mol. The molecule has 2 heterocycles. The molecule has 0 aliphatic rings. The van der Waals surface area contributed by atoms with E-state index in [1.165, 1.54) is 11.3 Å². The van der Waals surface area contributed by atoms with Crippen LogP contribution in [0.5, 0.6) is 11.5 Å². The normalized spacial score (nSPS) is 15.0. The van der Waals surface area contributed by atoms with Gasteiger partial charge in [-0.3, -0.25) is 19.6 Å². The molecule has 0 aliphatic heterocycles. The molecule has 7 atom stereocenters. The standard InChI is InChI=1S/C47H63N4O7/c1-33(13-19-40(53)28-36-15-20-42(21-16-36)57-31-38-10-6-8-24-49-38)26-44(48-4)47(56)51(5)45(27-34(2)12-14-35(3)52)46(55)30-41(54)29-37-17-22-43(23-18-37)58-32-39-11-7-9-25-50-39/h6-11,15-18,20-25,30,33-35,40-41,44-45,48,52-54H,12-14,19,26-29,31-32H2,1-5H3/t33?,34?,35?,40?,41?,44-,45-/m0/s1. The molecule has 5 unspecified atom stereocenters. The van der Waals surface area contributed by atoms with Crippen molar-refractivity contribution in [2.75, 3.05) is 14.1 Å². The summed E-state index contributed by atoms with van der Waals surface area (Å²) < 4.78 is 11.7. The Morgan fingerprint density at radius 3 is 1.72 bits per heavy atom. The van der Waals surface area contributed by atoms with Crippen LogP contribution in [0.2, 0.25) is 0 Å². The van der Waals surface area contributed by atoms with E-state index in [0.29, 0.717) is 57.5 Å². The van der Waals surface area contributed by atoms with Crippen LogP contribution in [0.25, 0.3) is 0 Å². The zero-order valence-electron chi connectivity index (χ0n) is 34.7. The molecule has 0 bridgehead atoms. The van der Waals surface area contributed by atoms with Crippen molar-refractivity contribution in [2.24, 2.45) is 11.8 Å². The number of Topliss-reactive ketones (excluding diaryl/α,β-unsaturated/α-hetero) is 1. The minimum atomic E-state index is -1.05. The minimum Gasteiger partial charge on any atom is -0.487 e. The third-order valence-electron chi connectivity index (χ3n) is 10.5. The van der Waals surface area contributed by atoms with E-state index < -0.39 is 30.4 Å². The van der Waals surface area contributed by atoms with Crippen molar-refractivity contribution < 1.29 is 34.4 Å². The van der Waals surface area contributed by atoms with Crippen molar-refractivity contribution in [2.45, 2.75) is 116 Å². The van der Waals surface area contributed by atoms with Crippen LogP contribution >= 0.6 is 0 Å². The molecule has 4 aromatic rings. The number of carbonyl (C=O) groups excluding carboxylic acids is 2. The second-order valence-electron chi connectivity index (χ2n) is 15.7. The summed E-state index contributed by atoms with van der Waals surface area (Å²) in [5, 5.41) is 35.0. The molecule has 1 amide bonds. The third-order valence-corrected chi connectivity index (χ3v) is 10.5. The predicted molar refractivity (Wildman–Crippen MR) is 226 cm³/mol. The van der Waals surface area contributed by atoms with E-state index in [2.05, 4.69) is 22.2 Å². The van der Waals surface area contributed by atoms with Gasteiger partial charge in [0.2, 0.25) is 5.91 Å². The number of ether oxygens (including phenoxy) is 2. The van der Waals surface area contributed by atoms with Crippen LogP contribution in [0.4, 0.5) is 0 Å². The number of nitrogens with zero attached hydrogens (tertiary/aromatic N) is 3. The van der Waals surface area contributed by atoms with Crippen LogP contribution in [0.15, 0.2) is 97.3 Å². The van der Waals surface area contributed by atoms with E-state index in [0.717, 1.165) is 34.7 Å². The number of rotatable bonds is 26. The van der Waals surface area contributed by atoms with E-state index in [9.17, 15) is 24.9 Å². The summed E-state index contributed by atoms with van der Waals surface area (Å²) in [6.07, 6.45) is 6.96. The Labute approximate surface area is 344 Å². The lowest BCUT2D eigenvalue weighted by molar-refractivity contribution is -0.139. The van der Waals surface area contributed by atoms with E-state index in [-0.39, 0.29) is 29.9 Å². The molecule has 4 N–H and O–H groups in total. The van der Waals surface area contributed by atoms with Crippen molar-refractivity contribution in [3.8, 4) is 11.5 Å². The molecule has 0 saturated heterocycles. The summed E-state index contributed by atoms with van der Waals surface area (Å²) in [6, 6.07) is 25.1.